The lowest BCUT2D eigenvalue weighted by Gasteiger charge is -2.22. The van der Waals surface area contributed by atoms with E-state index in [2.05, 4.69) is 5.18 Å². The molecule has 0 aliphatic heterocycles. The third-order valence-corrected chi connectivity index (χ3v) is 2.71. The van der Waals surface area contributed by atoms with E-state index in [1.165, 1.54) is 6.07 Å². The van der Waals surface area contributed by atoms with Crippen molar-refractivity contribution in [3.63, 3.8) is 0 Å². The molecule has 0 bridgehead atoms. The molecule has 1 unspecified atom stereocenters. The summed E-state index contributed by atoms with van der Waals surface area (Å²) in [4.78, 5) is 21.2. The lowest BCUT2D eigenvalue weighted by Crippen LogP contribution is -2.34. The molecule has 1 aromatic rings. The van der Waals surface area contributed by atoms with Crippen LogP contribution in [0.3, 0.4) is 0 Å². The van der Waals surface area contributed by atoms with Crippen molar-refractivity contribution in [1.29, 1.82) is 0 Å². The molecule has 0 saturated carbocycles. The van der Waals surface area contributed by atoms with E-state index in [4.69, 9.17) is 5.73 Å². The lowest BCUT2D eigenvalue weighted by atomic mass is 9.87. The van der Waals surface area contributed by atoms with Gasteiger partial charge in [0, 0.05) is 16.4 Å². The second-order valence-electron chi connectivity index (χ2n) is 3.58. The Labute approximate surface area is 90.9 Å². The van der Waals surface area contributed by atoms with Crippen LogP contribution < -0.4 is 5.73 Å². The Kier molecular flexibility index (Phi) is 2.19. The minimum atomic E-state index is -1.93. The van der Waals surface area contributed by atoms with Crippen LogP contribution >= 0.6 is 0 Å². The van der Waals surface area contributed by atoms with E-state index in [1.807, 2.05) is 0 Å². The van der Waals surface area contributed by atoms with Crippen LogP contribution in [-0.4, -0.2) is 4.92 Å². The highest BCUT2D eigenvalue weighted by atomic mass is 16.6. The van der Waals surface area contributed by atoms with E-state index in [0.717, 1.165) is 0 Å². The molecule has 0 aromatic heterocycles. The molecular weight excluding hydrogens is 210 g/mol. The summed E-state index contributed by atoms with van der Waals surface area (Å²) in [5.74, 6) is 0. The highest BCUT2D eigenvalue weighted by molar-refractivity contribution is 5.70. The van der Waals surface area contributed by atoms with E-state index < -0.39 is 10.6 Å². The maximum absolute atomic E-state index is 11.0. The van der Waals surface area contributed by atoms with Gasteiger partial charge in [0.2, 0.25) is 0 Å². The molecule has 6 heteroatoms. The lowest BCUT2D eigenvalue weighted by molar-refractivity contribution is -0.577. The van der Waals surface area contributed by atoms with Gasteiger partial charge in [0.1, 0.15) is 0 Å². The highest BCUT2D eigenvalue weighted by Crippen LogP contribution is 2.39. The number of benzene rings is 1. The van der Waals surface area contributed by atoms with Gasteiger partial charge in [0.05, 0.1) is 16.9 Å². The predicted molar refractivity (Wildman–Crippen MR) is 59.0 cm³/mol. The van der Waals surface area contributed by atoms with Crippen molar-refractivity contribution in [1.82, 2.24) is 0 Å². The molecule has 0 radical (unpaired) electrons. The number of nitrogens with two attached hydrogens (primary N) is 1. The van der Waals surface area contributed by atoms with Crippen LogP contribution in [0.4, 0.5) is 5.69 Å². The smallest absolute Gasteiger partial charge is 0.377 e. The summed E-state index contributed by atoms with van der Waals surface area (Å²) in [6.07, 6.45) is 3.18. The Balaban J connectivity index is 2.73. The van der Waals surface area contributed by atoms with Gasteiger partial charge >= 0.3 is 5.66 Å². The average molecular weight is 219 g/mol. The molecule has 6 nitrogen and oxygen atoms in total. The number of nitro groups is 1. The van der Waals surface area contributed by atoms with Gasteiger partial charge in [-0.2, -0.15) is 0 Å². The number of hydrogen-bond donors (Lipinski definition) is 1. The molecule has 2 rings (SSSR count). The van der Waals surface area contributed by atoms with Crippen LogP contribution in [0.1, 0.15) is 17.5 Å². The minimum Gasteiger partial charge on any atom is -0.398 e. The van der Waals surface area contributed by atoms with Crippen molar-refractivity contribution >= 4 is 11.8 Å². The van der Waals surface area contributed by atoms with Gasteiger partial charge in [-0.05, 0) is 12.1 Å². The summed E-state index contributed by atoms with van der Waals surface area (Å²) < 4.78 is 0. The molecule has 16 heavy (non-hydrogen) atoms. The number of fused-ring (bicyclic) bond motifs is 1. The predicted octanol–water partition coefficient (Wildman–Crippen LogP) is 1.88. The standard InChI is InChI=1S/C10H9N3O3/c11-9-5-1-4-8-7(9)3-2-6-10(8,12-14)13(15)16/h1-5H,6,11H2. The van der Waals surface area contributed by atoms with Crippen molar-refractivity contribution in [2.75, 3.05) is 5.73 Å². The topological polar surface area (TPSA) is 98.6 Å². The second kappa shape index (κ2) is 3.41. The average Bonchev–Trinajstić information content (AvgIpc) is 2.28. The zero-order chi connectivity index (χ0) is 11.8. The first-order valence-corrected chi connectivity index (χ1v) is 4.66. The van der Waals surface area contributed by atoms with Crippen LogP contribution in [0, 0.1) is 15.0 Å². The monoisotopic (exact) mass is 219 g/mol. The molecule has 0 heterocycles. The Bertz CT molecular complexity index is 498. The Morgan fingerprint density at radius 1 is 1.50 bits per heavy atom. The van der Waals surface area contributed by atoms with Crippen molar-refractivity contribution in [3.8, 4) is 0 Å². The SMILES string of the molecule is Nc1cccc2c1C=CCC2(N=O)[N+](=O)[O-]. The number of nitrogen functional groups attached to an aromatic ring is 1. The first kappa shape index (κ1) is 10.3. The van der Waals surface area contributed by atoms with Crippen LogP contribution in [0.5, 0.6) is 0 Å². The first-order chi connectivity index (χ1) is 7.62. The quantitative estimate of drug-likeness (QED) is 0.355. The fourth-order valence-electron chi connectivity index (χ4n) is 1.86. The highest BCUT2D eigenvalue weighted by Gasteiger charge is 2.49. The zero-order valence-electron chi connectivity index (χ0n) is 8.29. The third-order valence-electron chi connectivity index (χ3n) is 2.71. The fraction of sp³-hybridized carbons (Fsp3) is 0.200. The van der Waals surface area contributed by atoms with Crippen LogP contribution in [0.15, 0.2) is 29.5 Å². The fourth-order valence-corrected chi connectivity index (χ4v) is 1.86. The third kappa shape index (κ3) is 1.19. The molecule has 82 valence electrons. The van der Waals surface area contributed by atoms with E-state index >= 15 is 0 Å². The maximum Gasteiger partial charge on any atom is 0.377 e. The van der Waals surface area contributed by atoms with E-state index in [0.29, 0.717) is 11.3 Å². The van der Waals surface area contributed by atoms with Gasteiger partial charge in [-0.1, -0.05) is 18.2 Å². The molecule has 1 atom stereocenters. The van der Waals surface area contributed by atoms with Crippen LogP contribution in [0.2, 0.25) is 0 Å². The summed E-state index contributed by atoms with van der Waals surface area (Å²) >= 11 is 0. The number of rotatable bonds is 2. The van der Waals surface area contributed by atoms with Gasteiger partial charge in [-0.25, -0.2) is 0 Å². The summed E-state index contributed by atoms with van der Waals surface area (Å²) in [7, 11) is 0. The normalized spacial score (nSPS) is 22.5. The Morgan fingerprint density at radius 3 is 2.88 bits per heavy atom. The molecule has 0 amide bonds. The zero-order valence-corrected chi connectivity index (χ0v) is 8.29. The van der Waals surface area contributed by atoms with Gasteiger partial charge in [0.25, 0.3) is 0 Å². The Morgan fingerprint density at radius 2 is 2.25 bits per heavy atom. The van der Waals surface area contributed by atoms with Crippen molar-refractivity contribution in [2.24, 2.45) is 5.18 Å². The first-order valence-electron chi connectivity index (χ1n) is 4.66. The number of hydrogen-bond acceptors (Lipinski definition) is 5. The molecule has 0 fully saturated rings. The van der Waals surface area contributed by atoms with Crippen LogP contribution in [-0.2, 0) is 5.66 Å². The number of anilines is 1. The van der Waals surface area contributed by atoms with Gasteiger partial charge in [-0.3, -0.25) is 10.1 Å². The van der Waals surface area contributed by atoms with Gasteiger partial charge in [0.15, 0.2) is 0 Å². The largest absolute Gasteiger partial charge is 0.398 e. The maximum atomic E-state index is 11.0. The Hall–Kier alpha value is -2.24. The van der Waals surface area contributed by atoms with Crippen LogP contribution in [0.25, 0.3) is 6.08 Å². The molecular formula is C10H9N3O3. The van der Waals surface area contributed by atoms with Gasteiger partial charge < -0.3 is 5.73 Å². The second-order valence-corrected chi connectivity index (χ2v) is 3.58. The van der Waals surface area contributed by atoms with Crippen molar-refractivity contribution in [2.45, 2.75) is 12.1 Å². The summed E-state index contributed by atoms with van der Waals surface area (Å²) in [6, 6.07) is 4.72. The summed E-state index contributed by atoms with van der Waals surface area (Å²) in [6.45, 7) is 0. The molecule has 1 aromatic carbocycles. The van der Waals surface area contributed by atoms with Crippen molar-refractivity contribution in [3.05, 3.63) is 50.4 Å². The van der Waals surface area contributed by atoms with Gasteiger partial charge in [-0.15, -0.1) is 4.91 Å². The molecule has 2 N–H and O–H groups in total. The molecule has 1 aliphatic carbocycles. The molecule has 0 saturated heterocycles. The number of nitroso groups, excluding NO2 is 1. The summed E-state index contributed by atoms with van der Waals surface area (Å²) in [5, 5.41) is 13.7. The van der Waals surface area contributed by atoms with Crippen molar-refractivity contribution < 1.29 is 4.92 Å². The number of nitrogens with zero attached hydrogens (tertiary/aromatic N) is 2. The molecule has 1 aliphatic rings. The van der Waals surface area contributed by atoms with E-state index in [1.54, 1.807) is 24.3 Å². The molecule has 0 spiro atoms. The summed E-state index contributed by atoms with van der Waals surface area (Å²) in [5.41, 5.74) is 4.94. The minimum absolute atomic E-state index is 0.0417. The van der Waals surface area contributed by atoms with E-state index in [9.17, 15) is 15.0 Å². The van der Waals surface area contributed by atoms with E-state index in [-0.39, 0.29) is 12.0 Å².